The molecule has 1 aliphatic heterocycles. The predicted molar refractivity (Wildman–Crippen MR) is 140 cm³/mol. The average Bonchev–Trinajstić information content (AvgIpc) is 2.91. The van der Waals surface area contributed by atoms with Crippen LogP contribution in [0.5, 0.6) is 5.75 Å². The van der Waals surface area contributed by atoms with Crippen molar-refractivity contribution >= 4 is 29.5 Å². The molecule has 0 unspecified atom stereocenters. The van der Waals surface area contributed by atoms with Crippen molar-refractivity contribution in [2.24, 2.45) is 0 Å². The van der Waals surface area contributed by atoms with Crippen LogP contribution in [0.25, 0.3) is 5.65 Å². The Morgan fingerprint density at radius 1 is 0.825 bits per heavy atom. The Labute approximate surface area is 228 Å². The number of hydrogen-bond donors (Lipinski definition) is 4. The summed E-state index contributed by atoms with van der Waals surface area (Å²) >= 11 is 0. The fourth-order valence-corrected chi connectivity index (χ4v) is 3.60. The van der Waals surface area contributed by atoms with Crippen LogP contribution in [0.3, 0.4) is 0 Å². The maximum absolute atomic E-state index is 12.4. The molecule has 4 N–H and O–H groups in total. The van der Waals surface area contributed by atoms with Gasteiger partial charge in [0, 0.05) is 51.5 Å². The SMILES string of the molecule is Cc1cccn2c(=O)cc(CN3CCN(CCOc4ccccc4)CC3)nc12.O=C(O)C(=O)O.O=C(O)C(=O)O. The van der Waals surface area contributed by atoms with Gasteiger partial charge in [0.2, 0.25) is 0 Å². The van der Waals surface area contributed by atoms with Crippen LogP contribution in [0.15, 0.2) is 59.5 Å². The van der Waals surface area contributed by atoms with E-state index >= 15 is 0 Å². The summed E-state index contributed by atoms with van der Waals surface area (Å²) in [7, 11) is 0. The van der Waals surface area contributed by atoms with Gasteiger partial charge in [-0.05, 0) is 30.7 Å². The highest BCUT2D eigenvalue weighted by atomic mass is 16.5. The number of carboxylic acids is 4. The molecule has 3 aromatic rings. The van der Waals surface area contributed by atoms with Crippen molar-refractivity contribution < 1.29 is 44.3 Å². The summed E-state index contributed by atoms with van der Waals surface area (Å²) in [5, 5.41) is 29.6. The molecule has 0 amide bonds. The van der Waals surface area contributed by atoms with Gasteiger partial charge >= 0.3 is 23.9 Å². The number of nitrogens with zero attached hydrogens (tertiary/aromatic N) is 4. The molecule has 0 aliphatic carbocycles. The van der Waals surface area contributed by atoms with Crippen LogP contribution in [-0.2, 0) is 25.7 Å². The van der Waals surface area contributed by atoms with Crippen molar-refractivity contribution in [2.75, 3.05) is 39.3 Å². The summed E-state index contributed by atoms with van der Waals surface area (Å²) in [6.07, 6.45) is 1.78. The number of aliphatic carboxylic acids is 4. The monoisotopic (exact) mass is 558 g/mol. The molecule has 0 radical (unpaired) electrons. The molecule has 14 nitrogen and oxygen atoms in total. The quantitative estimate of drug-likeness (QED) is 0.305. The lowest BCUT2D eigenvalue weighted by Crippen LogP contribution is -2.47. The largest absolute Gasteiger partial charge is 0.492 e. The second-order valence-corrected chi connectivity index (χ2v) is 8.47. The highest BCUT2D eigenvalue weighted by Crippen LogP contribution is 2.11. The lowest BCUT2D eigenvalue weighted by atomic mass is 10.2. The van der Waals surface area contributed by atoms with Crippen molar-refractivity contribution in [3.8, 4) is 5.75 Å². The van der Waals surface area contributed by atoms with E-state index in [-0.39, 0.29) is 5.56 Å². The number of pyridine rings is 1. The van der Waals surface area contributed by atoms with Gasteiger partial charge in [0.25, 0.3) is 5.56 Å². The zero-order chi connectivity index (χ0) is 29.7. The number of ether oxygens (including phenoxy) is 1. The molecule has 14 heteroatoms. The van der Waals surface area contributed by atoms with Crippen LogP contribution in [-0.4, -0.2) is 103 Å². The van der Waals surface area contributed by atoms with E-state index in [1.807, 2.05) is 49.4 Å². The Morgan fingerprint density at radius 2 is 1.38 bits per heavy atom. The molecule has 1 aliphatic rings. The Morgan fingerprint density at radius 3 is 1.93 bits per heavy atom. The summed E-state index contributed by atoms with van der Waals surface area (Å²) < 4.78 is 7.41. The lowest BCUT2D eigenvalue weighted by Gasteiger charge is -2.34. The van der Waals surface area contributed by atoms with Gasteiger partial charge in [-0.2, -0.15) is 0 Å². The molecule has 1 fully saturated rings. The van der Waals surface area contributed by atoms with E-state index < -0.39 is 23.9 Å². The molecule has 0 bridgehead atoms. The number of piperazine rings is 1. The molecular formula is C26H30N4O10. The van der Waals surface area contributed by atoms with Gasteiger partial charge in [0.15, 0.2) is 0 Å². The van der Waals surface area contributed by atoms with E-state index in [2.05, 4.69) is 9.80 Å². The van der Waals surface area contributed by atoms with E-state index in [9.17, 15) is 4.79 Å². The number of para-hydroxylation sites is 1. The second-order valence-electron chi connectivity index (χ2n) is 8.47. The molecule has 40 heavy (non-hydrogen) atoms. The first kappa shape index (κ1) is 31.4. The average molecular weight is 559 g/mol. The minimum absolute atomic E-state index is 0.0135. The zero-order valence-electron chi connectivity index (χ0n) is 21.7. The van der Waals surface area contributed by atoms with Crippen molar-refractivity contribution in [3.05, 3.63) is 76.3 Å². The number of hydrogen-bond acceptors (Lipinski definition) is 9. The normalized spacial score (nSPS) is 13.2. The van der Waals surface area contributed by atoms with Crippen LogP contribution in [0.4, 0.5) is 0 Å². The third-order valence-electron chi connectivity index (χ3n) is 5.58. The molecule has 3 heterocycles. The van der Waals surface area contributed by atoms with Gasteiger partial charge in [-0.1, -0.05) is 24.3 Å². The van der Waals surface area contributed by atoms with Gasteiger partial charge in [-0.15, -0.1) is 0 Å². The first-order chi connectivity index (χ1) is 19.0. The Hall–Kier alpha value is -4.82. The van der Waals surface area contributed by atoms with Crippen LogP contribution in [0, 0.1) is 6.92 Å². The minimum atomic E-state index is -1.82. The van der Waals surface area contributed by atoms with E-state index in [1.54, 1.807) is 16.7 Å². The molecule has 4 rings (SSSR count). The van der Waals surface area contributed by atoms with Crippen LogP contribution < -0.4 is 10.3 Å². The predicted octanol–water partition coefficient (Wildman–Crippen LogP) is 0.511. The van der Waals surface area contributed by atoms with Gasteiger partial charge in [-0.25, -0.2) is 24.2 Å². The van der Waals surface area contributed by atoms with Gasteiger partial charge in [0.05, 0.1) is 5.69 Å². The zero-order valence-corrected chi connectivity index (χ0v) is 21.7. The van der Waals surface area contributed by atoms with Gasteiger partial charge in [0.1, 0.15) is 18.0 Å². The van der Waals surface area contributed by atoms with Crippen molar-refractivity contribution in [1.82, 2.24) is 19.2 Å². The minimum Gasteiger partial charge on any atom is -0.492 e. The molecule has 0 saturated carbocycles. The molecule has 0 spiro atoms. The third-order valence-corrected chi connectivity index (χ3v) is 5.58. The molecule has 0 atom stereocenters. The highest BCUT2D eigenvalue weighted by molar-refractivity contribution is 6.27. The number of aromatic nitrogens is 2. The fraction of sp³-hybridized carbons (Fsp3) is 0.308. The molecule has 214 valence electrons. The maximum Gasteiger partial charge on any atom is 0.414 e. The van der Waals surface area contributed by atoms with E-state index in [1.165, 1.54) is 0 Å². The van der Waals surface area contributed by atoms with E-state index in [4.69, 9.17) is 49.3 Å². The summed E-state index contributed by atoms with van der Waals surface area (Å²) in [5.41, 5.74) is 2.60. The lowest BCUT2D eigenvalue weighted by molar-refractivity contribution is -0.159. The Balaban J connectivity index is 0.000000393. The molecule has 2 aromatic heterocycles. The van der Waals surface area contributed by atoms with Crippen molar-refractivity contribution in [3.63, 3.8) is 0 Å². The smallest absolute Gasteiger partial charge is 0.414 e. The summed E-state index contributed by atoms with van der Waals surface area (Å²) in [6.45, 7) is 8.29. The van der Waals surface area contributed by atoms with Crippen LogP contribution in [0.2, 0.25) is 0 Å². The molecular weight excluding hydrogens is 528 g/mol. The number of carboxylic acid groups (broad SMARTS) is 4. The van der Waals surface area contributed by atoms with Gasteiger partial charge in [-0.3, -0.25) is 19.0 Å². The number of benzene rings is 1. The Bertz CT molecular complexity index is 1320. The van der Waals surface area contributed by atoms with Crippen molar-refractivity contribution in [2.45, 2.75) is 13.5 Å². The van der Waals surface area contributed by atoms with E-state index in [0.29, 0.717) is 13.2 Å². The number of aryl methyl sites for hydroxylation is 1. The number of rotatable bonds is 6. The summed E-state index contributed by atoms with van der Waals surface area (Å²) in [5.74, 6) is -6.37. The second kappa shape index (κ2) is 15.6. The van der Waals surface area contributed by atoms with Crippen LogP contribution >= 0.6 is 0 Å². The Kier molecular flexibility index (Phi) is 12.2. The molecule has 1 aromatic carbocycles. The maximum atomic E-state index is 12.4. The third kappa shape index (κ3) is 10.5. The van der Waals surface area contributed by atoms with Gasteiger partial charge < -0.3 is 25.2 Å². The standard InChI is InChI=1S/C22H26N4O2.2C2H2O4/c1-18-6-5-9-26-21(27)16-19(23-22(18)26)17-25-12-10-24(11-13-25)14-15-28-20-7-3-2-4-8-20;2*3-1(4)2(5)6/h2-9,16H,10-15,17H2,1H3;2*(H,3,4)(H,5,6). The first-order valence-electron chi connectivity index (χ1n) is 12.0. The summed E-state index contributed by atoms with van der Waals surface area (Å²) in [4.78, 5) is 58.3. The number of fused-ring (bicyclic) bond motifs is 1. The first-order valence-corrected chi connectivity index (χ1v) is 12.0. The van der Waals surface area contributed by atoms with Crippen LogP contribution in [0.1, 0.15) is 11.3 Å². The fourth-order valence-electron chi connectivity index (χ4n) is 3.60. The number of carbonyl (C=O) groups is 4. The topological polar surface area (TPSA) is 199 Å². The molecule has 1 saturated heterocycles. The van der Waals surface area contributed by atoms with Crippen molar-refractivity contribution in [1.29, 1.82) is 0 Å². The highest BCUT2D eigenvalue weighted by Gasteiger charge is 2.18. The van der Waals surface area contributed by atoms with E-state index in [0.717, 1.165) is 55.4 Å². The summed E-state index contributed by atoms with van der Waals surface area (Å²) in [6, 6.07) is 15.5.